The molecule has 7 N–H and O–H groups in total. The van der Waals surface area contributed by atoms with E-state index in [1.165, 1.54) is 12.1 Å². The molecule has 0 saturated heterocycles. The van der Waals surface area contributed by atoms with E-state index in [2.05, 4.69) is 0 Å². The lowest BCUT2D eigenvalue weighted by Gasteiger charge is -2.07. The molecule has 1 aromatic carbocycles. The number of benzene rings is 1. The third kappa shape index (κ3) is 1.45. The van der Waals surface area contributed by atoms with Crippen LogP contribution in [0.5, 0.6) is 0 Å². The van der Waals surface area contributed by atoms with Gasteiger partial charge in [-0.05, 0) is 12.1 Å². The molecule has 74 valence electrons. The number of rotatable bonds is 2. The number of primary amides is 1. The number of nitrogen functional groups attached to an aromatic ring is 2. The molecule has 1 rings (SSSR count). The summed E-state index contributed by atoms with van der Waals surface area (Å²) in [5.41, 5.74) is 15.3. The molecule has 0 aliphatic carbocycles. The lowest BCUT2D eigenvalue weighted by molar-refractivity contribution is 0.0692. The topological polar surface area (TPSA) is 132 Å². The zero-order valence-corrected chi connectivity index (χ0v) is 7.15. The van der Waals surface area contributed by atoms with Gasteiger partial charge in [0.25, 0.3) is 5.91 Å². The first-order chi connectivity index (χ1) is 6.45. The highest BCUT2D eigenvalue weighted by Gasteiger charge is 2.18. The molecule has 14 heavy (non-hydrogen) atoms. The number of anilines is 2. The quantitative estimate of drug-likeness (QED) is 0.478. The Kier molecular flexibility index (Phi) is 2.29. The number of amides is 1. The largest absolute Gasteiger partial charge is 0.478 e. The summed E-state index contributed by atoms with van der Waals surface area (Å²) in [7, 11) is 0. The van der Waals surface area contributed by atoms with E-state index in [1.54, 1.807) is 0 Å². The Morgan fingerprint density at radius 1 is 1.21 bits per heavy atom. The molecule has 0 unspecified atom stereocenters. The van der Waals surface area contributed by atoms with Crippen LogP contribution in [0.2, 0.25) is 0 Å². The molecular formula is C8H9N3O3. The molecule has 0 atom stereocenters. The first-order valence-corrected chi connectivity index (χ1v) is 3.66. The van der Waals surface area contributed by atoms with Gasteiger partial charge >= 0.3 is 5.97 Å². The van der Waals surface area contributed by atoms with Crippen LogP contribution in [0.4, 0.5) is 11.4 Å². The highest BCUT2D eigenvalue weighted by atomic mass is 16.4. The fourth-order valence-corrected chi connectivity index (χ4v) is 1.08. The van der Waals surface area contributed by atoms with Crippen molar-refractivity contribution in [1.82, 2.24) is 0 Å². The van der Waals surface area contributed by atoms with Crippen LogP contribution in [0.3, 0.4) is 0 Å². The molecular weight excluding hydrogens is 186 g/mol. The van der Waals surface area contributed by atoms with Gasteiger partial charge in [-0.1, -0.05) is 0 Å². The van der Waals surface area contributed by atoms with Crippen LogP contribution in [0.25, 0.3) is 0 Å². The van der Waals surface area contributed by atoms with E-state index < -0.39 is 11.9 Å². The fraction of sp³-hybridized carbons (Fsp3) is 0. The molecule has 0 aromatic heterocycles. The van der Waals surface area contributed by atoms with E-state index in [0.717, 1.165) is 0 Å². The van der Waals surface area contributed by atoms with E-state index in [-0.39, 0.29) is 22.5 Å². The standard InChI is InChI=1S/C8H9N3O3/c9-4-2-1-3(8(13)14)5(6(4)10)7(11)12/h1-2H,9-10H2,(H2,11,12)(H,13,14). The van der Waals surface area contributed by atoms with Crippen LogP contribution >= 0.6 is 0 Å². The molecule has 6 heteroatoms. The van der Waals surface area contributed by atoms with Crippen molar-refractivity contribution in [2.45, 2.75) is 0 Å². The third-order valence-electron chi connectivity index (χ3n) is 1.76. The maximum absolute atomic E-state index is 10.9. The normalized spacial score (nSPS) is 9.71. The van der Waals surface area contributed by atoms with Crippen LogP contribution in [-0.4, -0.2) is 17.0 Å². The third-order valence-corrected chi connectivity index (χ3v) is 1.76. The monoisotopic (exact) mass is 195 g/mol. The van der Waals surface area contributed by atoms with Gasteiger partial charge in [0.05, 0.1) is 22.5 Å². The Bertz CT molecular complexity index is 415. The van der Waals surface area contributed by atoms with Gasteiger partial charge in [0.2, 0.25) is 0 Å². The minimum Gasteiger partial charge on any atom is -0.478 e. The molecule has 0 radical (unpaired) electrons. The number of carbonyl (C=O) groups excluding carboxylic acids is 1. The van der Waals surface area contributed by atoms with Gasteiger partial charge in [0.15, 0.2) is 0 Å². The van der Waals surface area contributed by atoms with E-state index in [1.807, 2.05) is 0 Å². The number of carbonyl (C=O) groups is 2. The molecule has 0 spiro atoms. The Balaban J connectivity index is 3.53. The summed E-state index contributed by atoms with van der Waals surface area (Å²) in [6, 6.07) is 2.50. The van der Waals surface area contributed by atoms with Gasteiger partial charge in [-0.2, -0.15) is 0 Å². The number of carboxylic acid groups (broad SMARTS) is 1. The van der Waals surface area contributed by atoms with Crippen molar-refractivity contribution in [3.05, 3.63) is 23.3 Å². The highest BCUT2D eigenvalue weighted by Crippen LogP contribution is 2.23. The van der Waals surface area contributed by atoms with Crippen LogP contribution in [0.1, 0.15) is 20.7 Å². The molecule has 0 fully saturated rings. The van der Waals surface area contributed by atoms with E-state index in [4.69, 9.17) is 22.3 Å². The molecule has 1 aromatic rings. The number of hydrogen-bond donors (Lipinski definition) is 4. The predicted molar refractivity (Wildman–Crippen MR) is 50.7 cm³/mol. The van der Waals surface area contributed by atoms with Crippen LogP contribution < -0.4 is 17.2 Å². The number of aromatic carboxylic acids is 1. The van der Waals surface area contributed by atoms with Gasteiger partial charge < -0.3 is 22.3 Å². The summed E-state index contributed by atoms with van der Waals surface area (Å²) < 4.78 is 0. The second-order valence-electron chi connectivity index (χ2n) is 2.66. The van der Waals surface area contributed by atoms with Crippen LogP contribution in [-0.2, 0) is 0 Å². The summed E-state index contributed by atoms with van der Waals surface area (Å²) in [4.78, 5) is 21.6. The van der Waals surface area contributed by atoms with Crippen molar-refractivity contribution >= 4 is 23.3 Å². The summed E-state index contributed by atoms with van der Waals surface area (Å²) in [5.74, 6) is -2.18. The first kappa shape index (κ1) is 9.85. The van der Waals surface area contributed by atoms with Crippen molar-refractivity contribution in [2.24, 2.45) is 5.73 Å². The van der Waals surface area contributed by atoms with Crippen molar-refractivity contribution in [3.63, 3.8) is 0 Å². The maximum Gasteiger partial charge on any atom is 0.336 e. The second-order valence-corrected chi connectivity index (χ2v) is 2.66. The van der Waals surface area contributed by atoms with Gasteiger partial charge in [-0.25, -0.2) is 4.79 Å². The number of hydrogen-bond acceptors (Lipinski definition) is 4. The highest BCUT2D eigenvalue weighted by molar-refractivity contribution is 6.09. The van der Waals surface area contributed by atoms with Crippen LogP contribution in [0, 0.1) is 0 Å². The Morgan fingerprint density at radius 2 is 1.79 bits per heavy atom. The SMILES string of the molecule is NC(=O)c1c(C(=O)O)ccc(N)c1N. The molecule has 0 aliphatic heterocycles. The van der Waals surface area contributed by atoms with E-state index in [9.17, 15) is 9.59 Å². The number of nitrogens with two attached hydrogens (primary N) is 3. The smallest absolute Gasteiger partial charge is 0.336 e. The Morgan fingerprint density at radius 3 is 2.21 bits per heavy atom. The Hall–Kier alpha value is -2.24. The van der Waals surface area contributed by atoms with Crippen molar-refractivity contribution in [1.29, 1.82) is 0 Å². The average molecular weight is 195 g/mol. The zero-order valence-electron chi connectivity index (χ0n) is 7.15. The lowest BCUT2D eigenvalue weighted by Crippen LogP contribution is -2.19. The minimum absolute atomic E-state index is 0.0996. The molecule has 6 nitrogen and oxygen atoms in total. The Labute approximate surface area is 79.3 Å². The number of carboxylic acids is 1. The first-order valence-electron chi connectivity index (χ1n) is 3.66. The average Bonchev–Trinajstić information content (AvgIpc) is 2.08. The predicted octanol–water partition coefficient (Wildman–Crippen LogP) is -0.352. The summed E-state index contributed by atoms with van der Waals surface area (Å²) in [6.45, 7) is 0. The van der Waals surface area contributed by atoms with Gasteiger partial charge in [-0.15, -0.1) is 0 Å². The zero-order chi connectivity index (χ0) is 10.9. The molecule has 1 amide bonds. The molecule has 0 aliphatic rings. The molecule has 0 saturated carbocycles. The summed E-state index contributed by atoms with van der Waals surface area (Å²) in [5, 5.41) is 8.73. The van der Waals surface area contributed by atoms with Gasteiger partial charge in [0.1, 0.15) is 0 Å². The van der Waals surface area contributed by atoms with Gasteiger partial charge in [0, 0.05) is 0 Å². The van der Waals surface area contributed by atoms with Crippen molar-refractivity contribution in [3.8, 4) is 0 Å². The second kappa shape index (κ2) is 3.25. The van der Waals surface area contributed by atoms with Crippen molar-refractivity contribution in [2.75, 3.05) is 11.5 Å². The minimum atomic E-state index is -1.27. The maximum atomic E-state index is 10.9. The van der Waals surface area contributed by atoms with Crippen LogP contribution in [0.15, 0.2) is 12.1 Å². The summed E-state index contributed by atoms with van der Waals surface area (Å²) >= 11 is 0. The molecule has 0 bridgehead atoms. The molecule has 0 heterocycles. The lowest BCUT2D eigenvalue weighted by atomic mass is 10.0. The van der Waals surface area contributed by atoms with E-state index >= 15 is 0 Å². The summed E-state index contributed by atoms with van der Waals surface area (Å²) in [6.07, 6.45) is 0. The van der Waals surface area contributed by atoms with Gasteiger partial charge in [-0.3, -0.25) is 4.79 Å². The van der Waals surface area contributed by atoms with Crippen molar-refractivity contribution < 1.29 is 14.7 Å². The van der Waals surface area contributed by atoms with E-state index in [0.29, 0.717) is 0 Å². The fourth-order valence-electron chi connectivity index (χ4n) is 1.08.